The molecule has 2 aliphatic heterocycles. The van der Waals surface area contributed by atoms with Crippen LogP contribution in [0.15, 0.2) is 52.2 Å². The Labute approximate surface area is 193 Å². The largest absolute Gasteiger partial charge is 0.396 e. The molecule has 0 radical (unpaired) electrons. The quantitative estimate of drug-likeness (QED) is 0.715. The highest BCUT2D eigenvalue weighted by molar-refractivity contribution is 7.89. The van der Waals surface area contributed by atoms with Crippen LogP contribution in [0.2, 0.25) is 0 Å². The normalized spacial score (nSPS) is 24.8. The Bertz CT molecular complexity index is 1280. The summed E-state index contributed by atoms with van der Waals surface area (Å²) in [6, 6.07) is 8.48. The maximum atomic E-state index is 14.0. The van der Waals surface area contributed by atoms with E-state index in [4.69, 9.17) is 0 Å². The Balaban J connectivity index is 1.98. The van der Waals surface area contributed by atoms with Gasteiger partial charge in [-0.25, -0.2) is 8.42 Å². The number of aromatic nitrogens is 1. The summed E-state index contributed by atoms with van der Waals surface area (Å²) < 4.78 is 30.8. The Morgan fingerprint density at radius 2 is 1.91 bits per heavy atom. The van der Waals surface area contributed by atoms with Gasteiger partial charge < -0.3 is 14.6 Å². The van der Waals surface area contributed by atoms with E-state index in [1.165, 1.54) is 9.21 Å². The molecule has 8 nitrogen and oxygen atoms in total. The van der Waals surface area contributed by atoms with Gasteiger partial charge >= 0.3 is 0 Å². The van der Waals surface area contributed by atoms with Crippen LogP contribution in [0.4, 0.5) is 0 Å². The molecule has 1 amide bonds. The molecule has 1 saturated heterocycles. The SMILES string of the molecule is C/C=C/c1ccc2n(c1=O)C[C@H]1[C@H](CO)[C@@H](C(=O)N(C)C)[C@@H]2N1S(=O)(=O)c1ccccc1C. The van der Waals surface area contributed by atoms with E-state index in [1.807, 2.05) is 6.92 Å². The van der Waals surface area contributed by atoms with E-state index >= 15 is 0 Å². The highest BCUT2D eigenvalue weighted by atomic mass is 32.2. The van der Waals surface area contributed by atoms with Crippen LogP contribution in [0.1, 0.15) is 29.8 Å². The first-order chi connectivity index (χ1) is 15.6. The molecule has 2 aromatic rings. The Morgan fingerprint density at radius 1 is 1.21 bits per heavy atom. The third-order valence-electron chi connectivity index (χ3n) is 6.74. The van der Waals surface area contributed by atoms with E-state index in [2.05, 4.69) is 0 Å². The van der Waals surface area contributed by atoms with Gasteiger partial charge in [0.15, 0.2) is 0 Å². The number of fused-ring (bicyclic) bond motifs is 4. The number of aryl methyl sites for hydroxylation is 1. The predicted octanol–water partition coefficient (Wildman–Crippen LogP) is 1.63. The fourth-order valence-corrected chi connectivity index (χ4v) is 7.32. The molecule has 0 unspecified atom stereocenters. The molecule has 0 aliphatic carbocycles. The number of allylic oxidation sites excluding steroid dienone is 1. The van der Waals surface area contributed by atoms with Gasteiger partial charge in [-0.2, -0.15) is 4.31 Å². The summed E-state index contributed by atoms with van der Waals surface area (Å²) in [5.41, 5.74) is 1.33. The highest BCUT2D eigenvalue weighted by Gasteiger charge is 2.60. The molecule has 9 heteroatoms. The molecule has 2 bridgehead atoms. The smallest absolute Gasteiger partial charge is 0.258 e. The Kier molecular flexibility index (Phi) is 6.07. The van der Waals surface area contributed by atoms with Crippen LogP contribution in [-0.4, -0.2) is 59.9 Å². The van der Waals surface area contributed by atoms with E-state index in [0.717, 1.165) is 0 Å². The summed E-state index contributed by atoms with van der Waals surface area (Å²) in [6.07, 6.45) is 3.48. The van der Waals surface area contributed by atoms with Gasteiger partial charge in [-0.3, -0.25) is 9.59 Å². The van der Waals surface area contributed by atoms with Crippen LogP contribution >= 0.6 is 0 Å². The zero-order chi connectivity index (χ0) is 24.1. The lowest BCUT2D eigenvalue weighted by atomic mass is 9.86. The van der Waals surface area contributed by atoms with E-state index in [9.17, 15) is 23.1 Å². The fourth-order valence-electron chi connectivity index (χ4n) is 5.25. The van der Waals surface area contributed by atoms with Crippen molar-refractivity contribution >= 4 is 22.0 Å². The van der Waals surface area contributed by atoms with Crippen LogP contribution in [-0.2, 0) is 21.4 Å². The van der Waals surface area contributed by atoms with Gasteiger partial charge in [0, 0.05) is 50.5 Å². The van der Waals surface area contributed by atoms with Gasteiger partial charge in [-0.1, -0.05) is 30.4 Å². The van der Waals surface area contributed by atoms with Crippen LogP contribution in [0.3, 0.4) is 0 Å². The van der Waals surface area contributed by atoms with Crippen molar-refractivity contribution in [3.63, 3.8) is 0 Å². The average Bonchev–Trinajstić information content (AvgIpc) is 3.03. The first-order valence-corrected chi connectivity index (χ1v) is 12.4. The zero-order valence-corrected chi connectivity index (χ0v) is 20.0. The molecule has 1 aromatic heterocycles. The lowest BCUT2D eigenvalue weighted by Gasteiger charge is -2.37. The molecule has 33 heavy (non-hydrogen) atoms. The summed E-state index contributed by atoms with van der Waals surface area (Å²) in [7, 11) is -0.792. The first kappa shape index (κ1) is 23.4. The van der Waals surface area contributed by atoms with Crippen molar-refractivity contribution in [1.82, 2.24) is 13.8 Å². The van der Waals surface area contributed by atoms with Gasteiger partial charge in [-0.15, -0.1) is 0 Å². The van der Waals surface area contributed by atoms with E-state index in [-0.39, 0.29) is 29.5 Å². The number of pyridine rings is 1. The lowest BCUT2D eigenvalue weighted by molar-refractivity contribution is -0.135. The Hall–Kier alpha value is -2.75. The molecule has 0 spiro atoms. The minimum absolute atomic E-state index is 0.0730. The van der Waals surface area contributed by atoms with E-state index < -0.39 is 33.9 Å². The molecule has 1 fully saturated rings. The number of carbonyl (C=O) groups is 1. The van der Waals surface area contributed by atoms with Gasteiger partial charge in [0.1, 0.15) is 0 Å². The number of carbonyl (C=O) groups excluding carboxylic acids is 1. The molecule has 0 saturated carbocycles. The average molecular weight is 472 g/mol. The third kappa shape index (κ3) is 3.55. The van der Waals surface area contributed by atoms with Crippen molar-refractivity contribution in [2.24, 2.45) is 11.8 Å². The standard InChI is InChI=1S/C24H29N3O5S/c1-5-8-16-11-12-18-22-21(24(30)25(3)4)17(14-28)19(13-26(18)23(16)29)27(22)33(31,32)20-10-7-6-9-15(20)2/h5-12,17,19,21-22,28H,13-14H2,1-4H3/b8-5+/t17-,19-,21+,22+/m0/s1. The van der Waals surface area contributed by atoms with Crippen molar-refractivity contribution < 1.29 is 18.3 Å². The predicted molar refractivity (Wildman–Crippen MR) is 125 cm³/mol. The number of nitrogens with zero attached hydrogens (tertiary/aromatic N) is 3. The minimum Gasteiger partial charge on any atom is -0.396 e. The second kappa shape index (κ2) is 8.55. The van der Waals surface area contributed by atoms with Crippen molar-refractivity contribution in [3.8, 4) is 0 Å². The van der Waals surface area contributed by atoms with Crippen LogP contribution in [0.25, 0.3) is 6.08 Å². The lowest BCUT2D eigenvalue weighted by Crippen LogP contribution is -2.49. The number of amides is 1. The van der Waals surface area contributed by atoms with Gasteiger partial charge in [0.05, 0.1) is 16.9 Å². The molecule has 2 aliphatic rings. The highest BCUT2D eigenvalue weighted by Crippen LogP contribution is 2.51. The maximum Gasteiger partial charge on any atom is 0.258 e. The third-order valence-corrected chi connectivity index (χ3v) is 8.81. The summed E-state index contributed by atoms with van der Waals surface area (Å²) in [5.74, 6) is -1.73. The van der Waals surface area contributed by atoms with E-state index in [1.54, 1.807) is 74.1 Å². The number of hydrogen-bond acceptors (Lipinski definition) is 5. The minimum atomic E-state index is -4.02. The first-order valence-electron chi connectivity index (χ1n) is 10.9. The summed E-state index contributed by atoms with van der Waals surface area (Å²) >= 11 is 0. The molecular weight excluding hydrogens is 442 g/mol. The van der Waals surface area contributed by atoms with Crippen molar-refractivity contribution in [2.45, 2.75) is 37.4 Å². The van der Waals surface area contributed by atoms with Crippen molar-refractivity contribution in [2.75, 3.05) is 20.7 Å². The number of hydrogen-bond donors (Lipinski definition) is 1. The topological polar surface area (TPSA) is 99.9 Å². The molecular formula is C24H29N3O5S. The fraction of sp³-hybridized carbons (Fsp3) is 0.417. The molecule has 4 atom stereocenters. The van der Waals surface area contributed by atoms with Crippen molar-refractivity contribution in [1.29, 1.82) is 0 Å². The molecule has 3 heterocycles. The summed E-state index contributed by atoms with van der Waals surface area (Å²) in [6.45, 7) is 3.25. The van der Waals surface area contributed by atoms with Crippen LogP contribution in [0, 0.1) is 18.8 Å². The molecule has 1 N–H and O–H groups in total. The zero-order valence-electron chi connectivity index (χ0n) is 19.2. The second-order valence-electron chi connectivity index (χ2n) is 8.85. The number of benzene rings is 1. The van der Waals surface area contributed by atoms with Gasteiger partial charge in [0.25, 0.3) is 5.56 Å². The number of aliphatic hydroxyl groups excluding tert-OH is 1. The van der Waals surface area contributed by atoms with Crippen molar-refractivity contribution in [3.05, 3.63) is 69.6 Å². The van der Waals surface area contributed by atoms with Gasteiger partial charge in [-0.05, 0) is 37.6 Å². The van der Waals surface area contributed by atoms with Gasteiger partial charge in [0.2, 0.25) is 15.9 Å². The van der Waals surface area contributed by atoms with Crippen LogP contribution < -0.4 is 5.56 Å². The number of aliphatic hydroxyl groups is 1. The second-order valence-corrected chi connectivity index (χ2v) is 10.7. The Morgan fingerprint density at radius 3 is 2.52 bits per heavy atom. The number of sulfonamides is 1. The van der Waals surface area contributed by atoms with Crippen LogP contribution in [0.5, 0.6) is 0 Å². The number of rotatable bonds is 5. The monoisotopic (exact) mass is 471 g/mol. The summed E-state index contributed by atoms with van der Waals surface area (Å²) in [5, 5.41) is 10.3. The molecule has 1 aromatic carbocycles. The molecule has 4 rings (SSSR count). The molecule has 176 valence electrons. The maximum absolute atomic E-state index is 14.0. The summed E-state index contributed by atoms with van der Waals surface area (Å²) in [4.78, 5) is 28.1. The van der Waals surface area contributed by atoms with E-state index in [0.29, 0.717) is 16.8 Å².